The normalized spacial score (nSPS) is 27.9. The smallest absolute Gasteiger partial charge is 0.00124 e. The first-order valence-corrected chi connectivity index (χ1v) is 5.81. The molecule has 1 heterocycles. The second-order valence-corrected chi connectivity index (χ2v) is 4.76. The number of nitrogens with zero attached hydrogens (tertiary/aromatic N) is 1. The maximum atomic E-state index is 4.28. The molecule has 1 aromatic carbocycles. The van der Waals surface area contributed by atoms with Crippen LogP contribution in [0.15, 0.2) is 30.3 Å². The van der Waals surface area contributed by atoms with Gasteiger partial charge in [0.25, 0.3) is 0 Å². The SMILES string of the molecule is [CH2]C1CCN(C)CC1Cc1ccccc1. The molecule has 1 nitrogen and oxygen atoms in total. The van der Waals surface area contributed by atoms with Gasteiger partial charge in [0.15, 0.2) is 0 Å². The lowest BCUT2D eigenvalue weighted by atomic mass is 9.83. The first-order valence-electron chi connectivity index (χ1n) is 5.81. The van der Waals surface area contributed by atoms with Crippen molar-refractivity contribution >= 4 is 0 Å². The van der Waals surface area contributed by atoms with Crippen molar-refractivity contribution in [2.24, 2.45) is 11.8 Å². The summed E-state index contributed by atoms with van der Waals surface area (Å²) in [6, 6.07) is 10.8. The summed E-state index contributed by atoms with van der Waals surface area (Å²) in [6.07, 6.45) is 2.42. The van der Waals surface area contributed by atoms with Crippen molar-refractivity contribution in [1.29, 1.82) is 0 Å². The molecule has 0 aromatic heterocycles. The largest absolute Gasteiger partial charge is 0.306 e. The minimum atomic E-state index is 0.626. The standard InChI is InChI=1S/C14H20N/c1-12-8-9-15(2)11-14(12)10-13-6-4-3-5-7-13/h3-7,12,14H,1,8-11H2,2H3. The molecule has 15 heavy (non-hydrogen) atoms. The number of hydrogen-bond acceptors (Lipinski definition) is 1. The molecule has 0 amide bonds. The van der Waals surface area contributed by atoms with Crippen LogP contribution in [0.2, 0.25) is 0 Å². The van der Waals surface area contributed by atoms with Crippen LogP contribution in [0.5, 0.6) is 0 Å². The Hall–Kier alpha value is -0.820. The van der Waals surface area contributed by atoms with Gasteiger partial charge in [-0.2, -0.15) is 0 Å². The van der Waals surface area contributed by atoms with Crippen LogP contribution in [-0.2, 0) is 6.42 Å². The number of piperidine rings is 1. The van der Waals surface area contributed by atoms with Crippen LogP contribution >= 0.6 is 0 Å². The third-order valence-electron chi connectivity index (χ3n) is 3.44. The third kappa shape index (κ3) is 2.82. The van der Waals surface area contributed by atoms with Gasteiger partial charge in [0.2, 0.25) is 0 Å². The van der Waals surface area contributed by atoms with E-state index in [-0.39, 0.29) is 0 Å². The monoisotopic (exact) mass is 202 g/mol. The van der Waals surface area contributed by atoms with E-state index in [9.17, 15) is 0 Å². The molecule has 81 valence electrons. The van der Waals surface area contributed by atoms with Crippen molar-refractivity contribution in [3.8, 4) is 0 Å². The number of likely N-dealkylation sites (tertiary alicyclic amines) is 1. The van der Waals surface area contributed by atoms with Crippen LogP contribution in [0.4, 0.5) is 0 Å². The van der Waals surface area contributed by atoms with Crippen LogP contribution in [0.1, 0.15) is 12.0 Å². The topological polar surface area (TPSA) is 3.24 Å². The average Bonchev–Trinajstić information content (AvgIpc) is 2.25. The van der Waals surface area contributed by atoms with Gasteiger partial charge in [0.1, 0.15) is 0 Å². The van der Waals surface area contributed by atoms with E-state index in [1.807, 2.05) is 0 Å². The first-order chi connectivity index (χ1) is 7.25. The minimum Gasteiger partial charge on any atom is -0.306 e. The highest BCUT2D eigenvalue weighted by molar-refractivity contribution is 5.15. The summed E-state index contributed by atoms with van der Waals surface area (Å²) in [5.74, 6) is 1.35. The van der Waals surface area contributed by atoms with Gasteiger partial charge in [-0.05, 0) is 50.8 Å². The van der Waals surface area contributed by atoms with Gasteiger partial charge in [-0.1, -0.05) is 30.3 Å². The highest BCUT2D eigenvalue weighted by Gasteiger charge is 2.24. The summed E-state index contributed by atoms with van der Waals surface area (Å²) < 4.78 is 0. The fourth-order valence-electron chi connectivity index (χ4n) is 2.41. The van der Waals surface area contributed by atoms with Crippen molar-refractivity contribution in [2.75, 3.05) is 20.1 Å². The molecule has 0 aliphatic carbocycles. The predicted octanol–water partition coefficient (Wildman–Crippen LogP) is 2.63. The van der Waals surface area contributed by atoms with Crippen LogP contribution in [0.3, 0.4) is 0 Å². The summed E-state index contributed by atoms with van der Waals surface area (Å²) in [6.45, 7) is 6.69. The summed E-state index contributed by atoms with van der Waals surface area (Å²) in [5, 5.41) is 0. The maximum Gasteiger partial charge on any atom is 0.00124 e. The van der Waals surface area contributed by atoms with E-state index in [0.29, 0.717) is 5.92 Å². The molecule has 0 spiro atoms. The quantitative estimate of drug-likeness (QED) is 0.712. The van der Waals surface area contributed by atoms with Crippen molar-refractivity contribution in [3.63, 3.8) is 0 Å². The van der Waals surface area contributed by atoms with Crippen LogP contribution in [0, 0.1) is 18.8 Å². The summed E-state index contributed by atoms with van der Waals surface area (Å²) in [4.78, 5) is 2.43. The molecule has 2 rings (SSSR count). The highest BCUT2D eigenvalue weighted by atomic mass is 15.1. The van der Waals surface area contributed by atoms with E-state index in [1.54, 1.807) is 0 Å². The van der Waals surface area contributed by atoms with Gasteiger partial charge in [0, 0.05) is 6.54 Å². The number of rotatable bonds is 2. The van der Waals surface area contributed by atoms with E-state index >= 15 is 0 Å². The molecular formula is C14H20N. The fourth-order valence-corrected chi connectivity index (χ4v) is 2.41. The Morgan fingerprint density at radius 2 is 2.07 bits per heavy atom. The van der Waals surface area contributed by atoms with Gasteiger partial charge in [-0.25, -0.2) is 0 Å². The van der Waals surface area contributed by atoms with Gasteiger partial charge >= 0.3 is 0 Å². The van der Waals surface area contributed by atoms with Gasteiger partial charge in [-0.3, -0.25) is 0 Å². The van der Waals surface area contributed by atoms with Crippen LogP contribution < -0.4 is 0 Å². The zero-order chi connectivity index (χ0) is 10.7. The Morgan fingerprint density at radius 1 is 1.33 bits per heavy atom. The molecule has 1 saturated heterocycles. The molecule has 0 saturated carbocycles. The molecule has 1 fully saturated rings. The molecule has 0 N–H and O–H groups in total. The number of benzene rings is 1. The molecule has 2 atom stereocenters. The second kappa shape index (κ2) is 4.80. The Kier molecular flexibility index (Phi) is 3.42. The molecule has 1 aromatic rings. The molecular weight excluding hydrogens is 182 g/mol. The van der Waals surface area contributed by atoms with E-state index in [0.717, 1.165) is 5.92 Å². The summed E-state index contributed by atoms with van der Waals surface area (Å²) >= 11 is 0. The second-order valence-electron chi connectivity index (χ2n) is 4.76. The van der Waals surface area contributed by atoms with E-state index in [4.69, 9.17) is 0 Å². The Morgan fingerprint density at radius 3 is 2.80 bits per heavy atom. The van der Waals surface area contributed by atoms with Gasteiger partial charge in [0.05, 0.1) is 0 Å². The first kappa shape index (κ1) is 10.7. The van der Waals surface area contributed by atoms with Crippen LogP contribution in [-0.4, -0.2) is 25.0 Å². The number of hydrogen-bond donors (Lipinski definition) is 0. The summed E-state index contributed by atoms with van der Waals surface area (Å²) in [7, 11) is 2.21. The summed E-state index contributed by atoms with van der Waals surface area (Å²) in [5.41, 5.74) is 1.45. The molecule has 1 radical (unpaired) electrons. The molecule has 2 unspecified atom stereocenters. The average molecular weight is 202 g/mol. The Balaban J connectivity index is 1.98. The van der Waals surface area contributed by atoms with E-state index in [2.05, 4.69) is 49.2 Å². The molecule has 1 heteroatoms. The lowest BCUT2D eigenvalue weighted by Crippen LogP contribution is -2.38. The fraction of sp³-hybridized carbons (Fsp3) is 0.500. The van der Waals surface area contributed by atoms with Gasteiger partial charge < -0.3 is 4.90 Å². The lowest BCUT2D eigenvalue weighted by Gasteiger charge is -2.35. The van der Waals surface area contributed by atoms with Gasteiger partial charge in [-0.15, -0.1) is 0 Å². The Labute approximate surface area is 93.1 Å². The Bertz CT molecular complexity index is 293. The molecule has 1 aliphatic rings. The van der Waals surface area contributed by atoms with Crippen molar-refractivity contribution in [2.45, 2.75) is 12.8 Å². The molecule has 1 aliphatic heterocycles. The third-order valence-corrected chi connectivity index (χ3v) is 3.44. The van der Waals surface area contributed by atoms with Crippen molar-refractivity contribution < 1.29 is 0 Å². The predicted molar refractivity (Wildman–Crippen MR) is 64.6 cm³/mol. The van der Waals surface area contributed by atoms with E-state index < -0.39 is 0 Å². The van der Waals surface area contributed by atoms with Crippen LogP contribution in [0.25, 0.3) is 0 Å². The van der Waals surface area contributed by atoms with Crippen molar-refractivity contribution in [1.82, 2.24) is 4.90 Å². The molecule has 0 bridgehead atoms. The lowest BCUT2D eigenvalue weighted by molar-refractivity contribution is 0.167. The highest BCUT2D eigenvalue weighted by Crippen LogP contribution is 2.25. The zero-order valence-electron chi connectivity index (χ0n) is 9.52. The minimum absolute atomic E-state index is 0.626. The maximum absolute atomic E-state index is 4.28. The van der Waals surface area contributed by atoms with Crippen molar-refractivity contribution in [3.05, 3.63) is 42.8 Å². The van der Waals surface area contributed by atoms with E-state index in [1.165, 1.54) is 31.5 Å². The zero-order valence-corrected chi connectivity index (χ0v) is 9.52.